The minimum absolute atomic E-state index is 0.0451. The summed E-state index contributed by atoms with van der Waals surface area (Å²) in [5.41, 5.74) is 4.36. The average molecular weight is 422 g/mol. The molecule has 1 atom stereocenters. The highest BCUT2D eigenvalue weighted by Crippen LogP contribution is 2.32. The van der Waals surface area contributed by atoms with Crippen LogP contribution in [-0.2, 0) is 21.6 Å². The molecular formula is C26H35N3O2. The predicted molar refractivity (Wildman–Crippen MR) is 127 cm³/mol. The first-order valence-electron chi connectivity index (χ1n) is 11.4. The second-order valence-corrected chi connectivity index (χ2v) is 9.36. The Kier molecular flexibility index (Phi) is 6.35. The number of carbonyl (C=O) groups excluding carboxylic acids is 1. The first-order valence-corrected chi connectivity index (χ1v) is 11.4. The van der Waals surface area contributed by atoms with E-state index >= 15 is 0 Å². The summed E-state index contributed by atoms with van der Waals surface area (Å²) < 4.78 is 5.57. The number of benzene rings is 2. The van der Waals surface area contributed by atoms with Gasteiger partial charge in [0.1, 0.15) is 0 Å². The number of hydrogen-bond donors (Lipinski definition) is 0. The molecular weight excluding hydrogens is 386 g/mol. The highest BCUT2D eigenvalue weighted by Gasteiger charge is 2.33. The Morgan fingerprint density at radius 3 is 2.32 bits per heavy atom. The summed E-state index contributed by atoms with van der Waals surface area (Å²) in [4.78, 5) is 20.1. The van der Waals surface area contributed by atoms with Crippen molar-refractivity contribution in [1.82, 2.24) is 4.90 Å². The maximum absolute atomic E-state index is 13.3. The maximum atomic E-state index is 13.3. The molecule has 0 bridgehead atoms. The monoisotopic (exact) mass is 421 g/mol. The van der Waals surface area contributed by atoms with Crippen molar-refractivity contribution in [3.63, 3.8) is 0 Å². The number of carbonyl (C=O) groups is 1. The predicted octanol–water partition coefficient (Wildman–Crippen LogP) is 3.92. The highest BCUT2D eigenvalue weighted by atomic mass is 16.5. The van der Waals surface area contributed by atoms with Crippen molar-refractivity contribution >= 4 is 17.3 Å². The SMILES string of the molecule is COC(C)(C)c1ccc(N2CC[C@@H](Cc3ccccc3N3CCN(C)CC3)C2=O)cc1. The van der Waals surface area contributed by atoms with Gasteiger partial charge in [-0.3, -0.25) is 4.79 Å². The lowest BCUT2D eigenvalue weighted by Gasteiger charge is -2.35. The van der Waals surface area contributed by atoms with E-state index in [0.29, 0.717) is 0 Å². The fourth-order valence-corrected chi connectivity index (χ4v) is 4.65. The van der Waals surface area contributed by atoms with E-state index in [1.807, 2.05) is 4.90 Å². The lowest BCUT2D eigenvalue weighted by molar-refractivity contribution is -0.120. The van der Waals surface area contributed by atoms with E-state index in [0.717, 1.165) is 56.8 Å². The van der Waals surface area contributed by atoms with Crippen LogP contribution in [0.25, 0.3) is 0 Å². The number of amides is 1. The molecule has 0 aromatic heterocycles. The minimum Gasteiger partial charge on any atom is -0.374 e. The van der Waals surface area contributed by atoms with Gasteiger partial charge in [0.05, 0.1) is 5.60 Å². The Balaban J connectivity index is 1.46. The molecule has 0 aliphatic carbocycles. The molecule has 2 aromatic rings. The Morgan fingerprint density at radius 1 is 0.968 bits per heavy atom. The van der Waals surface area contributed by atoms with E-state index in [4.69, 9.17) is 4.74 Å². The third-order valence-corrected chi connectivity index (χ3v) is 7.00. The standard InChI is InChI=1S/C26H35N3O2/c1-26(2,31-4)22-9-11-23(12-10-22)29-14-13-21(25(29)30)19-20-7-5-6-8-24(20)28-17-15-27(3)16-18-28/h5-12,21H,13-19H2,1-4H3/t21-/m0/s1. The summed E-state index contributed by atoms with van der Waals surface area (Å²) >= 11 is 0. The summed E-state index contributed by atoms with van der Waals surface area (Å²) in [6.07, 6.45) is 1.72. The van der Waals surface area contributed by atoms with Crippen molar-refractivity contribution in [2.75, 3.05) is 56.7 Å². The van der Waals surface area contributed by atoms with Gasteiger partial charge < -0.3 is 19.4 Å². The van der Waals surface area contributed by atoms with Crippen LogP contribution >= 0.6 is 0 Å². The van der Waals surface area contributed by atoms with E-state index < -0.39 is 0 Å². The van der Waals surface area contributed by atoms with E-state index in [2.05, 4.69) is 79.2 Å². The average Bonchev–Trinajstić information content (AvgIpc) is 3.15. The molecule has 0 saturated carbocycles. The van der Waals surface area contributed by atoms with Gasteiger partial charge in [0.25, 0.3) is 0 Å². The van der Waals surface area contributed by atoms with Crippen LogP contribution in [0.4, 0.5) is 11.4 Å². The maximum Gasteiger partial charge on any atom is 0.230 e. The normalized spacial score (nSPS) is 20.5. The van der Waals surface area contributed by atoms with Gasteiger partial charge in [0.15, 0.2) is 0 Å². The molecule has 5 heteroatoms. The second-order valence-electron chi connectivity index (χ2n) is 9.36. The van der Waals surface area contributed by atoms with Crippen molar-refractivity contribution < 1.29 is 9.53 Å². The number of ether oxygens (including phenoxy) is 1. The highest BCUT2D eigenvalue weighted by molar-refractivity contribution is 5.97. The van der Waals surface area contributed by atoms with Gasteiger partial charge in [-0.15, -0.1) is 0 Å². The van der Waals surface area contributed by atoms with Crippen LogP contribution in [0.2, 0.25) is 0 Å². The molecule has 2 aromatic carbocycles. The van der Waals surface area contributed by atoms with Gasteiger partial charge in [0.2, 0.25) is 5.91 Å². The summed E-state index contributed by atoms with van der Waals surface area (Å²) in [6.45, 7) is 9.15. The van der Waals surface area contributed by atoms with Crippen LogP contribution in [0, 0.1) is 5.92 Å². The van der Waals surface area contributed by atoms with Crippen molar-refractivity contribution in [3.8, 4) is 0 Å². The van der Waals surface area contributed by atoms with Crippen LogP contribution in [0.3, 0.4) is 0 Å². The van der Waals surface area contributed by atoms with E-state index in [-0.39, 0.29) is 17.4 Å². The van der Waals surface area contributed by atoms with Crippen molar-refractivity contribution in [2.24, 2.45) is 5.92 Å². The first-order chi connectivity index (χ1) is 14.9. The third kappa shape index (κ3) is 4.63. The molecule has 0 spiro atoms. The molecule has 2 saturated heterocycles. The lowest BCUT2D eigenvalue weighted by Crippen LogP contribution is -2.44. The quantitative estimate of drug-likeness (QED) is 0.708. The topological polar surface area (TPSA) is 36.0 Å². The van der Waals surface area contributed by atoms with E-state index in [1.165, 1.54) is 11.3 Å². The Bertz CT molecular complexity index is 901. The summed E-state index contributed by atoms with van der Waals surface area (Å²) in [5.74, 6) is 0.288. The largest absolute Gasteiger partial charge is 0.374 e. The molecule has 1 amide bonds. The zero-order valence-electron chi connectivity index (χ0n) is 19.3. The number of anilines is 2. The molecule has 0 unspecified atom stereocenters. The molecule has 2 fully saturated rings. The molecule has 0 radical (unpaired) electrons. The van der Waals surface area contributed by atoms with E-state index in [9.17, 15) is 4.79 Å². The smallest absolute Gasteiger partial charge is 0.230 e. The van der Waals surface area contributed by atoms with Gasteiger partial charge in [-0.2, -0.15) is 0 Å². The third-order valence-electron chi connectivity index (χ3n) is 7.00. The number of piperazine rings is 1. The number of rotatable bonds is 6. The fourth-order valence-electron chi connectivity index (χ4n) is 4.65. The van der Waals surface area contributed by atoms with Crippen LogP contribution in [0.15, 0.2) is 48.5 Å². The second kappa shape index (κ2) is 9.01. The summed E-state index contributed by atoms with van der Waals surface area (Å²) in [5, 5.41) is 0. The van der Waals surface area contributed by atoms with Crippen LogP contribution in [0.1, 0.15) is 31.4 Å². The molecule has 2 heterocycles. The fraction of sp³-hybridized carbons (Fsp3) is 0.500. The Labute approximate surface area is 186 Å². The number of hydrogen-bond acceptors (Lipinski definition) is 4. The van der Waals surface area contributed by atoms with E-state index in [1.54, 1.807) is 7.11 Å². The molecule has 2 aliphatic heterocycles. The molecule has 2 aliphatic rings. The first kappa shape index (κ1) is 21.8. The zero-order chi connectivity index (χ0) is 22.0. The molecule has 166 valence electrons. The Morgan fingerprint density at radius 2 is 1.65 bits per heavy atom. The summed E-state index contributed by atoms with van der Waals surface area (Å²) in [7, 11) is 3.90. The Hall–Kier alpha value is -2.37. The molecule has 0 N–H and O–H groups in total. The van der Waals surface area contributed by atoms with Crippen LogP contribution in [-0.4, -0.2) is 57.7 Å². The van der Waals surface area contributed by atoms with Crippen LogP contribution < -0.4 is 9.80 Å². The van der Waals surface area contributed by atoms with Crippen molar-refractivity contribution in [2.45, 2.75) is 32.3 Å². The number of likely N-dealkylation sites (N-methyl/N-ethyl adjacent to an activating group) is 1. The molecule has 4 rings (SSSR count). The minimum atomic E-state index is -0.330. The van der Waals surface area contributed by atoms with Gasteiger partial charge in [0, 0.05) is 57.1 Å². The molecule has 5 nitrogen and oxygen atoms in total. The number of para-hydroxylation sites is 1. The van der Waals surface area contributed by atoms with Crippen LogP contribution in [0.5, 0.6) is 0 Å². The van der Waals surface area contributed by atoms with Gasteiger partial charge in [-0.25, -0.2) is 0 Å². The molecule has 31 heavy (non-hydrogen) atoms. The van der Waals surface area contributed by atoms with Crippen molar-refractivity contribution in [3.05, 3.63) is 59.7 Å². The van der Waals surface area contributed by atoms with Gasteiger partial charge >= 0.3 is 0 Å². The lowest BCUT2D eigenvalue weighted by atomic mass is 9.96. The number of nitrogens with zero attached hydrogens (tertiary/aromatic N) is 3. The number of methoxy groups -OCH3 is 1. The van der Waals surface area contributed by atoms with Crippen molar-refractivity contribution in [1.29, 1.82) is 0 Å². The zero-order valence-corrected chi connectivity index (χ0v) is 19.3. The van der Waals surface area contributed by atoms with Gasteiger partial charge in [-0.1, -0.05) is 30.3 Å². The van der Waals surface area contributed by atoms with Gasteiger partial charge in [-0.05, 0) is 63.1 Å². The summed E-state index contributed by atoms with van der Waals surface area (Å²) in [6, 6.07) is 16.9.